The molecule has 0 aliphatic rings. The van der Waals surface area contributed by atoms with Gasteiger partial charge in [0.15, 0.2) is 10.3 Å². The van der Waals surface area contributed by atoms with Gasteiger partial charge in [0, 0.05) is 6.07 Å². The number of nitrogens with one attached hydrogen (secondary N) is 1. The van der Waals surface area contributed by atoms with Gasteiger partial charge in [0.25, 0.3) is 5.56 Å². The second-order valence-electron chi connectivity index (χ2n) is 5.95. The Hall–Kier alpha value is -2.63. The minimum atomic E-state index is -0.909. The summed E-state index contributed by atoms with van der Waals surface area (Å²) in [6, 6.07) is 9.53. The lowest BCUT2D eigenvalue weighted by molar-refractivity contribution is -0.113. The number of amides is 1. The number of fused-ring (bicyclic) bond motifs is 1. The monoisotopic (exact) mass is 508 g/mol. The number of nitrogens with zero attached hydrogens (tertiary/aromatic N) is 3. The van der Waals surface area contributed by atoms with Crippen molar-refractivity contribution in [1.29, 1.82) is 0 Å². The maximum atomic E-state index is 14.5. The average Bonchev–Trinajstić information content (AvgIpc) is 3.12. The molecule has 4 rings (SSSR count). The quantitative estimate of drug-likeness (QED) is 0.314. The van der Waals surface area contributed by atoms with Gasteiger partial charge in [0.05, 0.1) is 32.3 Å². The molecule has 6 nitrogen and oxygen atoms in total. The molecular weight excluding hydrogens is 498 g/mol. The number of benzene rings is 2. The highest BCUT2D eigenvalue weighted by Crippen LogP contribution is 2.25. The largest absolute Gasteiger partial charge is 0.301 e. The van der Waals surface area contributed by atoms with E-state index in [1.54, 1.807) is 30.5 Å². The van der Waals surface area contributed by atoms with Crippen LogP contribution >= 0.6 is 39.0 Å². The lowest BCUT2D eigenvalue weighted by atomic mass is 10.2. The predicted octanol–water partition coefficient (Wildman–Crippen LogP) is 4.61. The molecule has 0 saturated carbocycles. The Morgan fingerprint density at radius 1 is 1.23 bits per heavy atom. The number of anilines is 1. The first-order valence-electron chi connectivity index (χ1n) is 8.43. The molecule has 152 valence electrons. The predicted molar refractivity (Wildman–Crippen MR) is 116 cm³/mol. The smallest absolute Gasteiger partial charge is 0.266 e. The Bertz CT molecular complexity index is 1330. The van der Waals surface area contributed by atoms with Crippen LogP contribution in [-0.2, 0) is 4.79 Å². The third-order valence-electron chi connectivity index (χ3n) is 3.95. The average molecular weight is 509 g/mol. The summed E-state index contributed by atoms with van der Waals surface area (Å²) in [5.74, 6) is -2.13. The van der Waals surface area contributed by atoms with Gasteiger partial charge in [-0.05, 0) is 40.2 Å². The zero-order chi connectivity index (χ0) is 21.3. The minimum Gasteiger partial charge on any atom is -0.301 e. The van der Waals surface area contributed by atoms with Crippen LogP contribution < -0.4 is 10.9 Å². The van der Waals surface area contributed by atoms with Crippen LogP contribution in [0.3, 0.4) is 0 Å². The van der Waals surface area contributed by atoms with Gasteiger partial charge in [-0.25, -0.2) is 18.7 Å². The Labute approximate surface area is 185 Å². The number of hydrogen-bond donors (Lipinski definition) is 1. The zero-order valence-electron chi connectivity index (χ0n) is 14.9. The van der Waals surface area contributed by atoms with Gasteiger partial charge in [-0.2, -0.15) is 0 Å². The summed E-state index contributed by atoms with van der Waals surface area (Å²) in [6.45, 7) is 0. The first kappa shape index (κ1) is 20.6. The number of thioether (sulfide) groups is 1. The maximum absolute atomic E-state index is 14.5. The van der Waals surface area contributed by atoms with Crippen LogP contribution in [0.5, 0.6) is 0 Å². The van der Waals surface area contributed by atoms with Crippen molar-refractivity contribution in [2.24, 2.45) is 0 Å². The number of halogens is 3. The van der Waals surface area contributed by atoms with Crippen molar-refractivity contribution in [3.05, 3.63) is 74.4 Å². The van der Waals surface area contributed by atoms with E-state index in [-0.39, 0.29) is 27.9 Å². The Kier molecular flexibility index (Phi) is 5.93. The molecular formula is C19H11BrF2N4O2S2. The molecule has 0 fully saturated rings. The maximum Gasteiger partial charge on any atom is 0.266 e. The Morgan fingerprint density at radius 3 is 2.77 bits per heavy atom. The minimum absolute atomic E-state index is 0.0925. The van der Waals surface area contributed by atoms with Crippen LogP contribution in [0.15, 0.2) is 62.4 Å². The van der Waals surface area contributed by atoms with Crippen LogP contribution in [0.2, 0.25) is 0 Å². The van der Waals surface area contributed by atoms with E-state index in [0.717, 1.165) is 26.2 Å². The fraction of sp³-hybridized carbons (Fsp3) is 0.0526. The van der Waals surface area contributed by atoms with Gasteiger partial charge >= 0.3 is 0 Å². The second kappa shape index (κ2) is 8.62. The molecule has 11 heteroatoms. The van der Waals surface area contributed by atoms with Gasteiger partial charge in [-0.3, -0.25) is 14.2 Å². The fourth-order valence-electron chi connectivity index (χ4n) is 2.68. The summed E-state index contributed by atoms with van der Waals surface area (Å²) in [6.07, 6.45) is 1.56. The molecule has 4 aromatic rings. The molecule has 2 aromatic heterocycles. The second-order valence-corrected chi connectivity index (χ2v) is 9.31. The van der Waals surface area contributed by atoms with Crippen LogP contribution in [-0.4, -0.2) is 26.2 Å². The topological polar surface area (TPSA) is 76.9 Å². The van der Waals surface area contributed by atoms with Crippen molar-refractivity contribution in [1.82, 2.24) is 14.5 Å². The van der Waals surface area contributed by atoms with Crippen molar-refractivity contribution in [2.75, 3.05) is 11.1 Å². The van der Waals surface area contributed by atoms with Gasteiger partial charge in [-0.15, -0.1) is 0 Å². The summed E-state index contributed by atoms with van der Waals surface area (Å²) in [4.78, 5) is 33.8. The Morgan fingerprint density at radius 2 is 2.03 bits per heavy atom. The highest BCUT2D eigenvalue weighted by atomic mass is 79.9. The van der Waals surface area contributed by atoms with Crippen LogP contribution in [0.1, 0.15) is 0 Å². The summed E-state index contributed by atoms with van der Waals surface area (Å²) < 4.78 is 29.6. The first-order chi connectivity index (χ1) is 14.4. The summed E-state index contributed by atoms with van der Waals surface area (Å²) in [5, 5.41) is 3.45. The molecule has 30 heavy (non-hydrogen) atoms. The SMILES string of the molecule is O=C(CSc1nc2ccccc2c(=O)n1-c1ccc(F)cc1F)Nc1ncc(Br)s1. The molecule has 2 aromatic carbocycles. The van der Waals surface area contributed by atoms with Gasteiger partial charge < -0.3 is 5.32 Å². The molecule has 0 aliphatic carbocycles. The number of hydrogen-bond acceptors (Lipinski definition) is 6. The highest BCUT2D eigenvalue weighted by Gasteiger charge is 2.18. The van der Waals surface area contributed by atoms with Crippen molar-refractivity contribution in [3.63, 3.8) is 0 Å². The molecule has 0 bridgehead atoms. The van der Waals surface area contributed by atoms with Gasteiger partial charge in [-0.1, -0.05) is 35.2 Å². The van der Waals surface area contributed by atoms with E-state index in [9.17, 15) is 18.4 Å². The molecule has 0 unspecified atom stereocenters. The highest BCUT2D eigenvalue weighted by molar-refractivity contribution is 9.11. The summed E-state index contributed by atoms with van der Waals surface area (Å²) in [5.41, 5.74) is -0.252. The fourth-order valence-corrected chi connectivity index (χ4v) is 4.61. The standard InChI is InChI=1S/C19H11BrF2N4O2S2/c20-15-8-23-18(30-15)25-16(27)9-29-19-24-13-4-2-1-3-11(13)17(28)26(19)14-6-5-10(21)7-12(14)22/h1-8H,9H2,(H,23,25,27). The lowest BCUT2D eigenvalue weighted by Crippen LogP contribution is -2.23. The first-order valence-corrected chi connectivity index (χ1v) is 11.0. The molecule has 1 N–H and O–H groups in total. The third-order valence-corrected chi connectivity index (χ3v) is 6.28. The number of para-hydroxylation sites is 1. The number of carbonyl (C=O) groups excluding carboxylic acids is 1. The van der Waals surface area contributed by atoms with Crippen molar-refractivity contribution in [3.8, 4) is 5.69 Å². The van der Waals surface area contributed by atoms with E-state index < -0.39 is 17.2 Å². The van der Waals surface area contributed by atoms with E-state index >= 15 is 0 Å². The molecule has 0 saturated heterocycles. The zero-order valence-corrected chi connectivity index (χ0v) is 18.2. The van der Waals surface area contributed by atoms with E-state index in [4.69, 9.17) is 0 Å². The van der Waals surface area contributed by atoms with Gasteiger partial charge in [0.2, 0.25) is 5.91 Å². The molecule has 1 amide bonds. The van der Waals surface area contributed by atoms with E-state index in [1.165, 1.54) is 17.4 Å². The van der Waals surface area contributed by atoms with E-state index in [1.807, 2.05) is 0 Å². The molecule has 0 atom stereocenters. The molecule has 0 radical (unpaired) electrons. The van der Waals surface area contributed by atoms with Crippen molar-refractivity contribution in [2.45, 2.75) is 5.16 Å². The van der Waals surface area contributed by atoms with Gasteiger partial charge in [0.1, 0.15) is 11.6 Å². The van der Waals surface area contributed by atoms with Crippen molar-refractivity contribution >= 4 is 61.0 Å². The summed E-state index contributed by atoms with van der Waals surface area (Å²) >= 11 is 5.48. The number of thiazole rings is 1. The van der Waals surface area contributed by atoms with E-state index in [0.29, 0.717) is 16.7 Å². The molecule has 0 aliphatic heterocycles. The summed E-state index contributed by atoms with van der Waals surface area (Å²) in [7, 11) is 0. The third kappa shape index (κ3) is 4.27. The number of carbonyl (C=O) groups is 1. The van der Waals surface area contributed by atoms with Crippen molar-refractivity contribution < 1.29 is 13.6 Å². The van der Waals surface area contributed by atoms with E-state index in [2.05, 4.69) is 31.2 Å². The lowest BCUT2D eigenvalue weighted by Gasteiger charge is -2.13. The number of rotatable bonds is 5. The Balaban J connectivity index is 1.72. The number of aromatic nitrogens is 3. The van der Waals surface area contributed by atoms with Crippen LogP contribution in [0.4, 0.5) is 13.9 Å². The van der Waals surface area contributed by atoms with Crippen LogP contribution in [0, 0.1) is 11.6 Å². The normalized spacial score (nSPS) is 11.0. The van der Waals surface area contributed by atoms with Crippen LogP contribution in [0.25, 0.3) is 16.6 Å². The molecule has 2 heterocycles. The molecule has 0 spiro atoms.